The van der Waals surface area contributed by atoms with E-state index in [1.54, 1.807) is 9.80 Å². The zero-order chi connectivity index (χ0) is 33.7. The van der Waals surface area contributed by atoms with E-state index in [0.29, 0.717) is 39.1 Å². The topological polar surface area (TPSA) is 143 Å². The minimum absolute atomic E-state index is 0.000574. The number of hydrogen-bond acceptors (Lipinski definition) is 7. The molecule has 0 unspecified atom stereocenters. The standard InChI is InChI=1S/C36H39FN6O5/c37-27-11-13-28(14-12-27)48-32-31(38)34(45)43(24-40-32)23-36(47)16-19-41(20-17-36)33(44)29-15-18-42(22-30(29)26-9-5-2-6-10-26)35(46)39-21-25-7-3-1-4-8-25/h1-14,24,29-30,47H,15-23,38H2,(H,39,46)/t29-,30+/m1/s1. The largest absolute Gasteiger partial charge is 0.437 e. The van der Waals surface area contributed by atoms with Crippen molar-refractivity contribution in [3.63, 3.8) is 0 Å². The zero-order valence-electron chi connectivity index (χ0n) is 26.5. The summed E-state index contributed by atoms with van der Waals surface area (Å²) >= 11 is 0. The number of nitrogens with one attached hydrogen (secondary N) is 1. The Morgan fingerprint density at radius 1 is 0.958 bits per heavy atom. The van der Waals surface area contributed by atoms with Gasteiger partial charge < -0.3 is 30.7 Å². The number of likely N-dealkylation sites (tertiary alicyclic amines) is 2. The van der Waals surface area contributed by atoms with Gasteiger partial charge in [0.15, 0.2) is 5.69 Å². The van der Waals surface area contributed by atoms with Crippen LogP contribution in [-0.4, -0.2) is 68.2 Å². The first kappa shape index (κ1) is 32.7. The molecule has 0 aliphatic carbocycles. The molecule has 3 amide bonds. The number of nitrogens with two attached hydrogens (primary N) is 1. The number of amides is 3. The van der Waals surface area contributed by atoms with Crippen LogP contribution in [0.5, 0.6) is 11.6 Å². The summed E-state index contributed by atoms with van der Waals surface area (Å²) in [6, 6.07) is 24.6. The number of benzene rings is 3. The maximum absolute atomic E-state index is 14.0. The predicted octanol–water partition coefficient (Wildman–Crippen LogP) is 4.13. The lowest BCUT2D eigenvalue weighted by atomic mass is 9.79. The number of piperidine rings is 2. The Bertz CT molecular complexity index is 1780. The first-order valence-electron chi connectivity index (χ1n) is 16.1. The van der Waals surface area contributed by atoms with Gasteiger partial charge in [-0.1, -0.05) is 60.7 Å². The van der Waals surface area contributed by atoms with E-state index in [1.165, 1.54) is 35.2 Å². The summed E-state index contributed by atoms with van der Waals surface area (Å²) in [6.45, 7) is 1.88. The van der Waals surface area contributed by atoms with E-state index in [-0.39, 0.29) is 60.5 Å². The first-order chi connectivity index (χ1) is 23.2. The Kier molecular flexibility index (Phi) is 9.72. The van der Waals surface area contributed by atoms with Gasteiger partial charge >= 0.3 is 6.03 Å². The monoisotopic (exact) mass is 654 g/mol. The summed E-state index contributed by atoms with van der Waals surface area (Å²) in [7, 11) is 0. The van der Waals surface area contributed by atoms with E-state index in [0.717, 1.165) is 11.1 Å². The van der Waals surface area contributed by atoms with E-state index in [9.17, 15) is 23.9 Å². The summed E-state index contributed by atoms with van der Waals surface area (Å²) < 4.78 is 20.0. The van der Waals surface area contributed by atoms with Crippen LogP contribution in [0.2, 0.25) is 0 Å². The molecule has 6 rings (SSSR count). The molecule has 0 spiro atoms. The zero-order valence-corrected chi connectivity index (χ0v) is 26.5. The van der Waals surface area contributed by atoms with Gasteiger partial charge in [0.05, 0.1) is 12.1 Å². The van der Waals surface area contributed by atoms with Crippen LogP contribution in [0.4, 0.5) is 14.9 Å². The summed E-state index contributed by atoms with van der Waals surface area (Å²) in [5, 5.41) is 14.5. The molecule has 12 heteroatoms. The van der Waals surface area contributed by atoms with Gasteiger partial charge in [-0.3, -0.25) is 14.2 Å². The molecule has 4 aromatic rings. The molecule has 0 saturated carbocycles. The summed E-state index contributed by atoms with van der Waals surface area (Å²) in [5.74, 6) is -0.769. The van der Waals surface area contributed by atoms with Crippen LogP contribution in [-0.2, 0) is 17.9 Å². The molecule has 1 aromatic heterocycles. The van der Waals surface area contributed by atoms with Crippen molar-refractivity contribution in [2.45, 2.75) is 43.9 Å². The second-order valence-electron chi connectivity index (χ2n) is 12.5. The highest BCUT2D eigenvalue weighted by molar-refractivity contribution is 5.81. The number of hydrogen-bond donors (Lipinski definition) is 3. The first-order valence-corrected chi connectivity index (χ1v) is 16.1. The SMILES string of the molecule is Nc1c(Oc2ccc(F)cc2)ncn(CC2(O)CCN(C(=O)[C@@H]3CCN(C(=O)NCc4ccccc4)C[C@H]3c3ccccc3)CC2)c1=O. The van der Waals surface area contributed by atoms with Crippen molar-refractivity contribution in [2.75, 3.05) is 31.9 Å². The lowest BCUT2D eigenvalue weighted by Crippen LogP contribution is -2.54. The smallest absolute Gasteiger partial charge is 0.317 e. The number of urea groups is 1. The van der Waals surface area contributed by atoms with Crippen LogP contribution in [0.25, 0.3) is 0 Å². The highest BCUT2D eigenvalue weighted by Crippen LogP contribution is 2.35. The highest BCUT2D eigenvalue weighted by Gasteiger charge is 2.41. The normalized spacial score (nSPS) is 19.0. The molecule has 3 aromatic carbocycles. The maximum Gasteiger partial charge on any atom is 0.317 e. The van der Waals surface area contributed by atoms with Gasteiger partial charge in [0, 0.05) is 44.6 Å². The Morgan fingerprint density at radius 3 is 2.31 bits per heavy atom. The number of carbonyl (C=O) groups is 2. The van der Waals surface area contributed by atoms with Crippen LogP contribution in [0.15, 0.2) is 96.1 Å². The minimum atomic E-state index is -1.26. The number of ether oxygens (including phenoxy) is 1. The molecule has 0 radical (unpaired) electrons. The third-order valence-electron chi connectivity index (χ3n) is 9.27. The second kappa shape index (κ2) is 14.3. The van der Waals surface area contributed by atoms with E-state index >= 15 is 0 Å². The Hall–Kier alpha value is -5.23. The highest BCUT2D eigenvalue weighted by atomic mass is 19.1. The summed E-state index contributed by atoms with van der Waals surface area (Å²) in [4.78, 5) is 47.9. The molecule has 2 fully saturated rings. The molecule has 2 atom stereocenters. The Morgan fingerprint density at radius 2 is 1.62 bits per heavy atom. The van der Waals surface area contributed by atoms with Crippen molar-refractivity contribution in [3.05, 3.63) is 119 Å². The number of carbonyl (C=O) groups excluding carboxylic acids is 2. The van der Waals surface area contributed by atoms with Crippen molar-refractivity contribution < 1.29 is 23.8 Å². The number of nitrogen functional groups attached to an aromatic ring is 1. The minimum Gasteiger partial charge on any atom is -0.437 e. The number of aromatic nitrogens is 2. The van der Waals surface area contributed by atoms with E-state index in [1.807, 2.05) is 60.7 Å². The molecule has 11 nitrogen and oxygen atoms in total. The third-order valence-corrected chi connectivity index (χ3v) is 9.27. The quantitative estimate of drug-likeness (QED) is 0.259. The fourth-order valence-electron chi connectivity index (χ4n) is 6.51. The van der Waals surface area contributed by atoms with E-state index < -0.39 is 17.0 Å². The Balaban J connectivity index is 1.08. The molecular weight excluding hydrogens is 615 g/mol. The van der Waals surface area contributed by atoms with Gasteiger partial charge in [-0.05, 0) is 54.7 Å². The van der Waals surface area contributed by atoms with Crippen molar-refractivity contribution in [1.29, 1.82) is 0 Å². The van der Waals surface area contributed by atoms with Crippen molar-refractivity contribution in [3.8, 4) is 11.6 Å². The van der Waals surface area contributed by atoms with Crippen LogP contribution >= 0.6 is 0 Å². The fourth-order valence-corrected chi connectivity index (χ4v) is 6.51. The lowest BCUT2D eigenvalue weighted by Gasteiger charge is -2.43. The number of anilines is 1. The van der Waals surface area contributed by atoms with Crippen LogP contribution < -0.4 is 21.3 Å². The van der Waals surface area contributed by atoms with Crippen molar-refractivity contribution in [1.82, 2.24) is 24.7 Å². The molecule has 3 heterocycles. The van der Waals surface area contributed by atoms with Gasteiger partial charge in [-0.2, -0.15) is 0 Å². The van der Waals surface area contributed by atoms with Gasteiger partial charge in [0.2, 0.25) is 11.8 Å². The number of nitrogens with zero attached hydrogens (tertiary/aromatic N) is 4. The van der Waals surface area contributed by atoms with Crippen molar-refractivity contribution >= 4 is 17.6 Å². The molecule has 250 valence electrons. The molecule has 4 N–H and O–H groups in total. The number of aliphatic hydroxyl groups is 1. The third kappa shape index (κ3) is 7.49. The average Bonchev–Trinajstić information content (AvgIpc) is 3.12. The molecule has 48 heavy (non-hydrogen) atoms. The lowest BCUT2D eigenvalue weighted by molar-refractivity contribution is -0.142. The van der Waals surface area contributed by atoms with E-state index in [2.05, 4.69) is 10.3 Å². The van der Waals surface area contributed by atoms with Gasteiger partial charge in [-0.25, -0.2) is 14.2 Å². The van der Waals surface area contributed by atoms with Crippen LogP contribution in [0.3, 0.4) is 0 Å². The average molecular weight is 655 g/mol. The fraction of sp³-hybridized carbons (Fsp3) is 0.333. The molecule has 2 aliphatic heterocycles. The maximum atomic E-state index is 14.0. The van der Waals surface area contributed by atoms with Gasteiger partial charge in [0.1, 0.15) is 17.9 Å². The summed E-state index contributed by atoms with van der Waals surface area (Å²) in [5.41, 5.74) is 5.98. The van der Waals surface area contributed by atoms with Crippen LogP contribution in [0, 0.1) is 11.7 Å². The Labute approximate surface area is 277 Å². The molecule has 2 aliphatic rings. The number of rotatable bonds is 8. The second-order valence-corrected chi connectivity index (χ2v) is 12.5. The number of halogens is 1. The van der Waals surface area contributed by atoms with E-state index in [4.69, 9.17) is 10.5 Å². The molecule has 0 bridgehead atoms. The predicted molar refractivity (Wildman–Crippen MR) is 178 cm³/mol. The molecular formula is C36H39FN6O5. The van der Waals surface area contributed by atoms with Gasteiger partial charge in [-0.15, -0.1) is 0 Å². The van der Waals surface area contributed by atoms with Crippen molar-refractivity contribution in [2.24, 2.45) is 5.92 Å². The summed E-state index contributed by atoms with van der Waals surface area (Å²) in [6.07, 6.45) is 2.30. The molecule has 2 saturated heterocycles. The van der Waals surface area contributed by atoms with Crippen LogP contribution in [0.1, 0.15) is 36.3 Å². The van der Waals surface area contributed by atoms with Gasteiger partial charge in [0.25, 0.3) is 5.56 Å².